The molecular weight excluding hydrogens is 342 g/mol. The fourth-order valence-corrected chi connectivity index (χ4v) is 3.15. The molecule has 1 heterocycles. The number of nitrogens with zero attached hydrogens (tertiary/aromatic N) is 2. The van der Waals surface area contributed by atoms with Gasteiger partial charge < -0.3 is 10.2 Å². The van der Waals surface area contributed by atoms with Crippen molar-refractivity contribution < 1.29 is 14.4 Å². The average molecular weight is 365 g/mol. The molecule has 3 amide bonds. The van der Waals surface area contributed by atoms with Gasteiger partial charge in [-0.3, -0.25) is 14.4 Å². The number of hydrogen-bond donors (Lipinski definition) is 1. The molecule has 0 spiro atoms. The van der Waals surface area contributed by atoms with Gasteiger partial charge in [0.1, 0.15) is 0 Å². The summed E-state index contributed by atoms with van der Waals surface area (Å²) in [4.78, 5) is 41.1. The SMILES string of the molecule is CNCCN(C)C(=O)c1ccc2c(c1)C(=O)N(c1cc(C)ccc1C)C2=O. The fraction of sp³-hybridized carbons (Fsp3) is 0.286. The van der Waals surface area contributed by atoms with Gasteiger partial charge in [0, 0.05) is 25.7 Å². The van der Waals surface area contributed by atoms with E-state index in [1.54, 1.807) is 24.1 Å². The van der Waals surface area contributed by atoms with Crippen molar-refractivity contribution in [2.45, 2.75) is 13.8 Å². The standard InChI is InChI=1S/C21H23N3O3/c1-13-5-6-14(2)18(11-13)24-20(26)16-8-7-15(12-17(16)21(24)27)19(25)23(4)10-9-22-3/h5-8,11-12,22H,9-10H2,1-4H3. The average Bonchev–Trinajstić information content (AvgIpc) is 2.91. The zero-order valence-electron chi connectivity index (χ0n) is 16.0. The van der Waals surface area contributed by atoms with Crippen LogP contribution in [0.2, 0.25) is 0 Å². The van der Waals surface area contributed by atoms with Crippen molar-refractivity contribution >= 4 is 23.4 Å². The molecule has 0 unspecified atom stereocenters. The number of fused-ring (bicyclic) bond motifs is 1. The number of likely N-dealkylation sites (N-methyl/N-ethyl adjacent to an activating group) is 2. The van der Waals surface area contributed by atoms with E-state index in [9.17, 15) is 14.4 Å². The van der Waals surface area contributed by atoms with Crippen molar-refractivity contribution in [1.82, 2.24) is 10.2 Å². The predicted octanol–water partition coefficient (Wildman–Crippen LogP) is 2.40. The Bertz CT molecular complexity index is 936. The summed E-state index contributed by atoms with van der Waals surface area (Å²) in [6.07, 6.45) is 0. The minimum atomic E-state index is -0.392. The topological polar surface area (TPSA) is 69.7 Å². The second kappa shape index (κ2) is 7.32. The molecule has 0 saturated carbocycles. The minimum absolute atomic E-state index is 0.182. The third-order valence-corrected chi connectivity index (χ3v) is 4.78. The molecule has 0 aliphatic carbocycles. The molecule has 0 radical (unpaired) electrons. The normalized spacial score (nSPS) is 13.1. The van der Waals surface area contributed by atoms with E-state index in [4.69, 9.17) is 0 Å². The molecule has 1 aliphatic rings. The Kier molecular flexibility index (Phi) is 5.10. The van der Waals surface area contributed by atoms with Crippen LogP contribution in [0.4, 0.5) is 5.69 Å². The number of carbonyl (C=O) groups excluding carboxylic acids is 3. The third-order valence-electron chi connectivity index (χ3n) is 4.78. The van der Waals surface area contributed by atoms with Crippen LogP contribution in [0.5, 0.6) is 0 Å². The maximum Gasteiger partial charge on any atom is 0.266 e. The molecular formula is C21H23N3O3. The van der Waals surface area contributed by atoms with Crippen LogP contribution in [0.25, 0.3) is 0 Å². The highest BCUT2D eigenvalue weighted by atomic mass is 16.2. The maximum absolute atomic E-state index is 13.0. The molecule has 3 rings (SSSR count). The number of imide groups is 1. The Hall–Kier alpha value is -2.99. The van der Waals surface area contributed by atoms with E-state index >= 15 is 0 Å². The third kappa shape index (κ3) is 3.36. The van der Waals surface area contributed by atoms with Crippen molar-refractivity contribution in [3.63, 3.8) is 0 Å². The van der Waals surface area contributed by atoms with Gasteiger partial charge in [0.05, 0.1) is 16.8 Å². The molecule has 2 aromatic rings. The number of amides is 3. The minimum Gasteiger partial charge on any atom is -0.340 e. The van der Waals surface area contributed by atoms with E-state index in [0.29, 0.717) is 29.9 Å². The van der Waals surface area contributed by atoms with E-state index in [1.807, 2.05) is 39.1 Å². The lowest BCUT2D eigenvalue weighted by atomic mass is 10.0. The van der Waals surface area contributed by atoms with E-state index in [1.165, 1.54) is 11.0 Å². The summed E-state index contributed by atoms with van der Waals surface area (Å²) >= 11 is 0. The second-order valence-electron chi connectivity index (χ2n) is 6.83. The number of benzene rings is 2. The van der Waals surface area contributed by atoms with Gasteiger partial charge in [0.15, 0.2) is 0 Å². The maximum atomic E-state index is 13.0. The lowest BCUT2D eigenvalue weighted by Crippen LogP contribution is -2.32. The molecule has 0 fully saturated rings. The van der Waals surface area contributed by atoms with Crippen LogP contribution in [0.15, 0.2) is 36.4 Å². The Balaban J connectivity index is 1.95. The Labute approximate surface area is 158 Å². The number of carbonyl (C=O) groups is 3. The first-order chi connectivity index (χ1) is 12.8. The molecule has 0 atom stereocenters. The highest BCUT2D eigenvalue weighted by Crippen LogP contribution is 2.31. The van der Waals surface area contributed by atoms with Crippen molar-refractivity contribution in [2.75, 3.05) is 32.1 Å². The van der Waals surface area contributed by atoms with Gasteiger partial charge in [-0.05, 0) is 56.3 Å². The number of hydrogen-bond acceptors (Lipinski definition) is 4. The lowest BCUT2D eigenvalue weighted by molar-refractivity contribution is 0.0796. The first-order valence-electron chi connectivity index (χ1n) is 8.85. The van der Waals surface area contributed by atoms with Crippen LogP contribution in [-0.4, -0.2) is 49.8 Å². The summed E-state index contributed by atoms with van der Waals surface area (Å²) < 4.78 is 0. The quantitative estimate of drug-likeness (QED) is 0.826. The predicted molar refractivity (Wildman–Crippen MR) is 104 cm³/mol. The number of aryl methyl sites for hydroxylation is 2. The molecule has 2 aromatic carbocycles. The van der Waals surface area contributed by atoms with Crippen LogP contribution < -0.4 is 10.2 Å². The lowest BCUT2D eigenvalue weighted by Gasteiger charge is -2.17. The van der Waals surface area contributed by atoms with Crippen LogP contribution in [0, 0.1) is 13.8 Å². The number of rotatable bonds is 5. The van der Waals surface area contributed by atoms with Gasteiger partial charge in [-0.2, -0.15) is 0 Å². The van der Waals surface area contributed by atoms with Crippen LogP contribution in [0.3, 0.4) is 0 Å². The summed E-state index contributed by atoms with van der Waals surface area (Å²) in [6, 6.07) is 10.4. The van der Waals surface area contributed by atoms with Crippen LogP contribution >= 0.6 is 0 Å². The molecule has 0 bridgehead atoms. The Morgan fingerprint density at radius 2 is 1.74 bits per heavy atom. The van der Waals surface area contributed by atoms with Gasteiger partial charge in [-0.15, -0.1) is 0 Å². The first-order valence-corrected chi connectivity index (χ1v) is 8.85. The molecule has 0 aromatic heterocycles. The molecule has 1 N–H and O–H groups in total. The Morgan fingerprint density at radius 1 is 1.04 bits per heavy atom. The van der Waals surface area contributed by atoms with Gasteiger partial charge in [0.2, 0.25) is 0 Å². The summed E-state index contributed by atoms with van der Waals surface area (Å²) in [6.45, 7) is 5.00. The smallest absolute Gasteiger partial charge is 0.266 e. The van der Waals surface area contributed by atoms with Gasteiger partial charge >= 0.3 is 0 Å². The van der Waals surface area contributed by atoms with Gasteiger partial charge in [0.25, 0.3) is 17.7 Å². The summed E-state index contributed by atoms with van der Waals surface area (Å²) in [7, 11) is 3.53. The van der Waals surface area contributed by atoms with Gasteiger partial charge in [-0.25, -0.2) is 4.90 Å². The van der Waals surface area contributed by atoms with E-state index < -0.39 is 5.91 Å². The molecule has 140 valence electrons. The van der Waals surface area contributed by atoms with Crippen molar-refractivity contribution in [3.05, 3.63) is 64.2 Å². The molecule has 1 aliphatic heterocycles. The fourth-order valence-electron chi connectivity index (χ4n) is 3.15. The van der Waals surface area contributed by atoms with E-state index in [2.05, 4.69) is 5.32 Å². The van der Waals surface area contributed by atoms with Gasteiger partial charge in [-0.1, -0.05) is 12.1 Å². The van der Waals surface area contributed by atoms with Crippen molar-refractivity contribution in [1.29, 1.82) is 0 Å². The zero-order chi connectivity index (χ0) is 19.7. The number of nitrogens with one attached hydrogen (secondary N) is 1. The molecule has 0 saturated heterocycles. The first kappa shape index (κ1) is 18.8. The Morgan fingerprint density at radius 3 is 2.44 bits per heavy atom. The molecule has 6 nitrogen and oxygen atoms in total. The van der Waals surface area contributed by atoms with E-state index in [0.717, 1.165) is 11.1 Å². The second-order valence-corrected chi connectivity index (χ2v) is 6.83. The number of anilines is 1. The zero-order valence-corrected chi connectivity index (χ0v) is 16.0. The van der Waals surface area contributed by atoms with Crippen molar-refractivity contribution in [2.24, 2.45) is 0 Å². The van der Waals surface area contributed by atoms with Crippen LogP contribution in [0.1, 0.15) is 42.2 Å². The molecule has 27 heavy (non-hydrogen) atoms. The van der Waals surface area contributed by atoms with Crippen molar-refractivity contribution in [3.8, 4) is 0 Å². The van der Waals surface area contributed by atoms with Crippen LogP contribution in [-0.2, 0) is 0 Å². The summed E-state index contributed by atoms with van der Waals surface area (Å²) in [5.41, 5.74) is 3.40. The highest BCUT2D eigenvalue weighted by molar-refractivity contribution is 6.35. The largest absolute Gasteiger partial charge is 0.340 e. The summed E-state index contributed by atoms with van der Waals surface area (Å²) in [5.74, 6) is -0.930. The molecule has 6 heteroatoms. The highest BCUT2D eigenvalue weighted by Gasteiger charge is 2.38. The van der Waals surface area contributed by atoms with E-state index in [-0.39, 0.29) is 17.4 Å². The summed E-state index contributed by atoms with van der Waals surface area (Å²) in [5, 5.41) is 2.99. The monoisotopic (exact) mass is 365 g/mol.